The molecule has 3 aliphatic rings. The zero-order valence-corrected chi connectivity index (χ0v) is 21.3. The van der Waals surface area contributed by atoms with Crippen molar-refractivity contribution in [2.75, 3.05) is 26.2 Å². The predicted octanol–water partition coefficient (Wildman–Crippen LogP) is 4.51. The first kappa shape index (κ1) is 24.3. The van der Waals surface area contributed by atoms with Crippen molar-refractivity contribution in [3.05, 3.63) is 45.2 Å². The lowest BCUT2D eigenvalue weighted by molar-refractivity contribution is -0.0995. The number of piperidine rings is 1. The second-order valence-electron chi connectivity index (χ2n) is 9.32. The first-order valence-corrected chi connectivity index (χ1v) is 13.4. The number of fused-ring (bicyclic) bond motifs is 2. The van der Waals surface area contributed by atoms with Crippen LogP contribution in [0, 0.1) is 12.8 Å². The fourth-order valence-corrected chi connectivity index (χ4v) is 6.48. The van der Waals surface area contributed by atoms with E-state index < -0.39 is 0 Å². The van der Waals surface area contributed by atoms with Gasteiger partial charge in [0.2, 0.25) is 0 Å². The molecule has 1 saturated carbocycles. The second kappa shape index (κ2) is 10.6. The van der Waals surface area contributed by atoms with E-state index in [0.717, 1.165) is 64.8 Å². The number of nitrogens with zero attached hydrogens (tertiary/aromatic N) is 3. The largest absolute Gasteiger partial charge is 0.370 e. The van der Waals surface area contributed by atoms with Gasteiger partial charge in [-0.15, -0.1) is 11.3 Å². The van der Waals surface area contributed by atoms with Crippen LogP contribution >= 0.6 is 11.3 Å². The zero-order chi connectivity index (χ0) is 23.4. The lowest BCUT2D eigenvalue weighted by Crippen LogP contribution is -2.51. The smallest absolute Gasteiger partial charge is 0.254 e. The Morgan fingerprint density at radius 2 is 1.94 bits per heavy atom. The van der Waals surface area contributed by atoms with Crippen LogP contribution in [-0.4, -0.2) is 53.1 Å². The van der Waals surface area contributed by atoms with Gasteiger partial charge in [-0.05, 0) is 56.6 Å². The van der Waals surface area contributed by atoms with Crippen molar-refractivity contribution in [1.29, 1.82) is 0 Å². The predicted molar refractivity (Wildman–Crippen MR) is 133 cm³/mol. The van der Waals surface area contributed by atoms with Crippen LogP contribution in [0.1, 0.15) is 78.0 Å². The Balaban J connectivity index is 0.00000126. The SMILES string of the molecule is CC.CCc1cc2c(s1)CCOC21CCN(CC2CC(NC(=O)c3cnc(C)nc3)C2)CC1. The van der Waals surface area contributed by atoms with E-state index in [1.165, 1.54) is 10.4 Å². The zero-order valence-electron chi connectivity index (χ0n) is 20.5. The highest BCUT2D eigenvalue weighted by molar-refractivity contribution is 7.12. The Labute approximate surface area is 202 Å². The molecule has 1 aliphatic carbocycles. The molecule has 0 aromatic carbocycles. The summed E-state index contributed by atoms with van der Waals surface area (Å²) >= 11 is 2.00. The molecule has 1 spiro atoms. The lowest BCUT2D eigenvalue weighted by Gasteiger charge is -2.46. The molecule has 0 bridgehead atoms. The number of carbonyl (C=O) groups is 1. The molecule has 0 radical (unpaired) electrons. The topological polar surface area (TPSA) is 67.3 Å². The molecular formula is C26H38N4O2S. The molecule has 1 amide bonds. The van der Waals surface area contributed by atoms with Crippen molar-refractivity contribution in [2.45, 2.75) is 77.9 Å². The van der Waals surface area contributed by atoms with Crippen molar-refractivity contribution < 1.29 is 9.53 Å². The average molecular weight is 471 g/mol. The van der Waals surface area contributed by atoms with Crippen molar-refractivity contribution >= 4 is 17.2 Å². The van der Waals surface area contributed by atoms with E-state index >= 15 is 0 Å². The minimum absolute atomic E-state index is 0.0414. The first-order chi connectivity index (χ1) is 16.0. The summed E-state index contributed by atoms with van der Waals surface area (Å²) < 4.78 is 6.42. The third-order valence-corrected chi connectivity index (χ3v) is 8.54. The summed E-state index contributed by atoms with van der Waals surface area (Å²) in [5.41, 5.74) is 1.99. The third kappa shape index (κ3) is 5.31. The second-order valence-corrected chi connectivity index (χ2v) is 10.5. The molecule has 180 valence electrons. The summed E-state index contributed by atoms with van der Waals surface area (Å²) in [6.45, 7) is 12.3. The van der Waals surface area contributed by atoms with Crippen LogP contribution in [0.25, 0.3) is 0 Å². The normalized spacial score (nSPS) is 23.8. The molecule has 6 nitrogen and oxygen atoms in total. The average Bonchev–Trinajstić information content (AvgIpc) is 3.26. The summed E-state index contributed by atoms with van der Waals surface area (Å²) in [6, 6.07) is 2.70. The molecule has 1 N–H and O–H groups in total. The Kier molecular flexibility index (Phi) is 7.82. The highest BCUT2D eigenvalue weighted by Gasteiger charge is 2.42. The Morgan fingerprint density at radius 3 is 2.61 bits per heavy atom. The maximum atomic E-state index is 12.3. The number of aromatic nitrogens is 2. The summed E-state index contributed by atoms with van der Waals surface area (Å²) in [5, 5.41) is 3.13. The number of nitrogens with one attached hydrogen (secondary N) is 1. The van der Waals surface area contributed by atoms with Gasteiger partial charge in [0.1, 0.15) is 5.82 Å². The van der Waals surface area contributed by atoms with Gasteiger partial charge in [0.15, 0.2) is 0 Å². The standard InChI is InChI=1S/C24H32N4O2S.C2H6/c1-3-20-12-21-22(31-20)4-9-30-24(21)5-7-28(8-6-24)15-17-10-19(11-17)27-23(29)18-13-25-16(2)26-14-18;1-2/h12-14,17,19H,3-11,15H2,1-2H3,(H,27,29);1-2H3. The van der Waals surface area contributed by atoms with Gasteiger partial charge in [0.25, 0.3) is 5.91 Å². The van der Waals surface area contributed by atoms with Gasteiger partial charge < -0.3 is 15.0 Å². The molecule has 4 heterocycles. The molecule has 7 heteroatoms. The summed E-state index contributed by atoms with van der Waals surface area (Å²) in [7, 11) is 0. The third-order valence-electron chi connectivity index (χ3n) is 7.20. The number of hydrogen-bond donors (Lipinski definition) is 1. The van der Waals surface area contributed by atoms with Gasteiger partial charge >= 0.3 is 0 Å². The maximum Gasteiger partial charge on any atom is 0.254 e. The van der Waals surface area contributed by atoms with E-state index in [9.17, 15) is 4.79 Å². The molecule has 2 aromatic rings. The number of rotatable bonds is 5. The van der Waals surface area contributed by atoms with Gasteiger partial charge in [-0.1, -0.05) is 20.8 Å². The highest BCUT2D eigenvalue weighted by Crippen LogP contribution is 2.45. The molecule has 33 heavy (non-hydrogen) atoms. The molecule has 2 fully saturated rings. The van der Waals surface area contributed by atoms with E-state index in [4.69, 9.17) is 4.74 Å². The van der Waals surface area contributed by atoms with Crippen molar-refractivity contribution in [2.24, 2.45) is 5.92 Å². The molecule has 2 aliphatic heterocycles. The number of amides is 1. The van der Waals surface area contributed by atoms with E-state index in [1.54, 1.807) is 17.3 Å². The van der Waals surface area contributed by atoms with Crippen LogP contribution in [0.2, 0.25) is 0 Å². The van der Waals surface area contributed by atoms with Crippen LogP contribution in [-0.2, 0) is 23.2 Å². The van der Waals surface area contributed by atoms with Gasteiger partial charge in [-0.3, -0.25) is 4.79 Å². The van der Waals surface area contributed by atoms with Crippen molar-refractivity contribution in [3.63, 3.8) is 0 Å². The quantitative estimate of drug-likeness (QED) is 0.697. The van der Waals surface area contributed by atoms with E-state index in [1.807, 2.05) is 32.1 Å². The fourth-order valence-electron chi connectivity index (χ4n) is 5.30. The Bertz CT molecular complexity index is 928. The van der Waals surface area contributed by atoms with Crippen molar-refractivity contribution in [1.82, 2.24) is 20.2 Å². The van der Waals surface area contributed by atoms with Crippen LogP contribution in [0.5, 0.6) is 0 Å². The number of thiophene rings is 1. The van der Waals surface area contributed by atoms with E-state index in [-0.39, 0.29) is 17.6 Å². The van der Waals surface area contributed by atoms with Gasteiger partial charge in [-0.25, -0.2) is 9.97 Å². The maximum absolute atomic E-state index is 12.3. The van der Waals surface area contributed by atoms with E-state index in [2.05, 4.69) is 33.2 Å². The molecule has 5 rings (SSSR count). The molecular weight excluding hydrogens is 432 g/mol. The molecule has 0 atom stereocenters. The van der Waals surface area contributed by atoms with Crippen LogP contribution < -0.4 is 5.32 Å². The summed E-state index contributed by atoms with van der Waals surface area (Å²) in [6.07, 6.45) is 9.72. The Morgan fingerprint density at radius 1 is 1.24 bits per heavy atom. The highest BCUT2D eigenvalue weighted by atomic mass is 32.1. The first-order valence-electron chi connectivity index (χ1n) is 12.6. The molecule has 2 aromatic heterocycles. The van der Waals surface area contributed by atoms with Crippen LogP contribution in [0.3, 0.4) is 0 Å². The number of hydrogen-bond acceptors (Lipinski definition) is 6. The number of likely N-dealkylation sites (tertiary alicyclic amines) is 1. The van der Waals surface area contributed by atoms with Gasteiger partial charge in [-0.2, -0.15) is 0 Å². The molecule has 0 unspecified atom stereocenters. The monoisotopic (exact) mass is 470 g/mol. The summed E-state index contributed by atoms with van der Waals surface area (Å²) in [5.74, 6) is 1.29. The lowest BCUT2D eigenvalue weighted by atomic mass is 9.78. The number of ether oxygens (including phenoxy) is 1. The number of aryl methyl sites for hydroxylation is 2. The van der Waals surface area contributed by atoms with Gasteiger partial charge in [0.05, 0.1) is 17.8 Å². The van der Waals surface area contributed by atoms with Gasteiger partial charge in [0, 0.05) is 54.2 Å². The van der Waals surface area contributed by atoms with Crippen LogP contribution in [0.4, 0.5) is 0 Å². The Hall–Kier alpha value is -1.83. The van der Waals surface area contributed by atoms with E-state index in [0.29, 0.717) is 17.3 Å². The van der Waals surface area contributed by atoms with Crippen LogP contribution in [0.15, 0.2) is 18.5 Å². The van der Waals surface area contributed by atoms with Crippen molar-refractivity contribution in [3.8, 4) is 0 Å². The summed E-state index contributed by atoms with van der Waals surface area (Å²) in [4.78, 5) is 26.2. The minimum atomic E-state index is -0.0594. The number of carbonyl (C=O) groups excluding carboxylic acids is 1. The minimum Gasteiger partial charge on any atom is -0.370 e. The molecule has 1 saturated heterocycles. The fraction of sp³-hybridized carbons (Fsp3) is 0.654.